The molecule has 2 rings (SSSR count). The lowest BCUT2D eigenvalue weighted by molar-refractivity contribution is 0.624. The van der Waals surface area contributed by atoms with E-state index in [0.717, 1.165) is 0 Å². The van der Waals surface area contributed by atoms with Crippen LogP contribution in [0, 0.1) is 15.2 Å². The number of hydrogen-bond acceptors (Lipinski definition) is 2. The van der Waals surface area contributed by atoms with Gasteiger partial charge in [0.05, 0.1) is 5.69 Å². The Morgan fingerprint density at radius 1 is 1.24 bits per heavy atom. The van der Waals surface area contributed by atoms with Crippen LogP contribution in [0.15, 0.2) is 34.9 Å². The van der Waals surface area contributed by atoms with Crippen molar-refractivity contribution in [3.05, 3.63) is 50.1 Å². The topological polar surface area (TPSA) is 24.9 Å². The molecule has 0 unspecified atom stereocenters. The highest BCUT2D eigenvalue weighted by Gasteiger charge is 2.07. The third-order valence-electron chi connectivity index (χ3n) is 1.99. The van der Waals surface area contributed by atoms with Gasteiger partial charge in [-0.1, -0.05) is 0 Å². The summed E-state index contributed by atoms with van der Waals surface area (Å²) in [5, 5.41) is 2.81. The predicted octanol–water partition coefficient (Wildman–Crippen LogP) is 4.47. The molecule has 0 radical (unpaired) electrons. The molecule has 88 valence electrons. The van der Waals surface area contributed by atoms with E-state index in [1.807, 2.05) is 22.6 Å². The molecule has 0 atom stereocenters. The van der Waals surface area contributed by atoms with Crippen LogP contribution in [0.3, 0.4) is 0 Å². The van der Waals surface area contributed by atoms with Gasteiger partial charge in [-0.15, -0.1) is 0 Å². The van der Waals surface area contributed by atoms with Gasteiger partial charge in [0, 0.05) is 14.2 Å². The van der Waals surface area contributed by atoms with Crippen LogP contribution in [0.1, 0.15) is 0 Å². The van der Waals surface area contributed by atoms with Gasteiger partial charge >= 0.3 is 0 Å². The van der Waals surface area contributed by atoms with Crippen LogP contribution in [0.4, 0.5) is 20.3 Å². The van der Waals surface area contributed by atoms with Crippen molar-refractivity contribution in [2.75, 3.05) is 5.32 Å². The molecule has 1 aromatic heterocycles. The normalized spacial score (nSPS) is 10.4. The minimum Gasteiger partial charge on any atom is -0.337 e. The predicted molar refractivity (Wildman–Crippen MR) is 74.3 cm³/mol. The maximum atomic E-state index is 13.5. The highest BCUT2D eigenvalue weighted by atomic mass is 127. The Morgan fingerprint density at radius 2 is 2.00 bits per heavy atom. The van der Waals surface area contributed by atoms with Crippen molar-refractivity contribution in [1.29, 1.82) is 0 Å². The van der Waals surface area contributed by atoms with E-state index in [9.17, 15) is 8.78 Å². The zero-order valence-corrected chi connectivity index (χ0v) is 12.1. The highest BCUT2D eigenvalue weighted by molar-refractivity contribution is 14.1. The first-order valence-corrected chi connectivity index (χ1v) is 6.46. The maximum absolute atomic E-state index is 13.5. The fraction of sp³-hybridized carbons (Fsp3) is 0. The first-order valence-electron chi connectivity index (χ1n) is 4.59. The van der Waals surface area contributed by atoms with E-state index in [-0.39, 0.29) is 11.6 Å². The van der Waals surface area contributed by atoms with Crippen molar-refractivity contribution in [1.82, 2.24) is 4.98 Å². The molecule has 1 heterocycles. The summed E-state index contributed by atoms with van der Waals surface area (Å²) in [4.78, 5) is 3.91. The minimum atomic E-state index is -0.473. The van der Waals surface area contributed by atoms with Crippen molar-refractivity contribution < 1.29 is 8.78 Å². The Bertz CT molecular complexity index is 514. The molecule has 0 aliphatic rings. The van der Waals surface area contributed by atoms with E-state index >= 15 is 0 Å². The van der Waals surface area contributed by atoms with Crippen LogP contribution < -0.4 is 5.32 Å². The highest BCUT2D eigenvalue weighted by Crippen LogP contribution is 2.24. The summed E-state index contributed by atoms with van der Waals surface area (Å²) < 4.78 is 27.6. The summed E-state index contributed by atoms with van der Waals surface area (Å²) in [7, 11) is 0. The minimum absolute atomic E-state index is 0.109. The summed E-state index contributed by atoms with van der Waals surface area (Å²) in [6, 6.07) is 5.52. The van der Waals surface area contributed by atoms with Crippen molar-refractivity contribution >= 4 is 50.0 Å². The first kappa shape index (κ1) is 12.7. The molecular weight excluding hydrogens is 405 g/mol. The van der Waals surface area contributed by atoms with Crippen LogP contribution in [0.5, 0.6) is 0 Å². The van der Waals surface area contributed by atoms with E-state index in [0.29, 0.717) is 13.7 Å². The number of aromatic nitrogens is 1. The van der Waals surface area contributed by atoms with Crippen molar-refractivity contribution in [2.24, 2.45) is 0 Å². The Morgan fingerprint density at radius 3 is 2.65 bits per heavy atom. The zero-order valence-electron chi connectivity index (χ0n) is 8.35. The number of anilines is 2. The Balaban J connectivity index is 2.31. The number of pyridine rings is 1. The molecule has 0 saturated carbocycles. The molecule has 0 aliphatic heterocycles. The van der Waals surface area contributed by atoms with Crippen LogP contribution >= 0.6 is 38.5 Å². The molecule has 0 saturated heterocycles. The molecule has 0 fully saturated rings. The SMILES string of the molecule is Fc1ccc(Nc2ncc(Br)cc2F)c(I)c1. The van der Waals surface area contributed by atoms with E-state index < -0.39 is 5.82 Å². The van der Waals surface area contributed by atoms with E-state index in [1.165, 1.54) is 24.4 Å². The molecule has 2 nitrogen and oxygen atoms in total. The van der Waals surface area contributed by atoms with Crippen LogP contribution in [-0.2, 0) is 0 Å². The molecule has 0 aliphatic carbocycles. The first-order chi connectivity index (χ1) is 8.06. The monoisotopic (exact) mass is 410 g/mol. The lowest BCUT2D eigenvalue weighted by atomic mass is 10.3. The van der Waals surface area contributed by atoms with Crippen molar-refractivity contribution in [3.63, 3.8) is 0 Å². The number of hydrogen-bond donors (Lipinski definition) is 1. The molecule has 0 bridgehead atoms. The average Bonchev–Trinajstić information content (AvgIpc) is 2.25. The third kappa shape index (κ3) is 3.12. The molecule has 6 heteroatoms. The van der Waals surface area contributed by atoms with Crippen LogP contribution in [0.25, 0.3) is 0 Å². The summed E-state index contributed by atoms with van der Waals surface area (Å²) in [5.41, 5.74) is 0.612. The number of nitrogens with one attached hydrogen (secondary N) is 1. The lowest BCUT2D eigenvalue weighted by Gasteiger charge is -2.08. The van der Waals surface area contributed by atoms with E-state index in [2.05, 4.69) is 26.2 Å². The maximum Gasteiger partial charge on any atom is 0.166 e. The van der Waals surface area contributed by atoms with Gasteiger partial charge in [-0.25, -0.2) is 13.8 Å². The Hall–Kier alpha value is -0.760. The lowest BCUT2D eigenvalue weighted by Crippen LogP contribution is -1.99. The average molecular weight is 411 g/mol. The van der Waals surface area contributed by atoms with Gasteiger partial charge in [0.15, 0.2) is 11.6 Å². The summed E-state index contributed by atoms with van der Waals surface area (Å²) >= 11 is 5.09. The molecule has 0 spiro atoms. The van der Waals surface area contributed by atoms with Gasteiger partial charge in [0.1, 0.15) is 5.82 Å². The van der Waals surface area contributed by atoms with Gasteiger partial charge in [-0.2, -0.15) is 0 Å². The van der Waals surface area contributed by atoms with Crippen molar-refractivity contribution in [2.45, 2.75) is 0 Å². The van der Waals surface area contributed by atoms with Gasteiger partial charge < -0.3 is 5.32 Å². The van der Waals surface area contributed by atoms with Crippen molar-refractivity contribution in [3.8, 4) is 0 Å². The second kappa shape index (κ2) is 5.26. The molecule has 2 aromatic rings. The van der Waals surface area contributed by atoms with E-state index in [1.54, 1.807) is 6.07 Å². The van der Waals surface area contributed by atoms with Crippen LogP contribution in [0.2, 0.25) is 0 Å². The van der Waals surface area contributed by atoms with Gasteiger partial charge in [-0.05, 0) is 62.8 Å². The summed E-state index contributed by atoms with van der Waals surface area (Å²) in [6.07, 6.45) is 1.49. The Kier molecular flexibility index (Phi) is 3.93. The molecule has 17 heavy (non-hydrogen) atoms. The largest absolute Gasteiger partial charge is 0.337 e. The third-order valence-corrected chi connectivity index (χ3v) is 3.32. The molecule has 1 aromatic carbocycles. The molecule has 1 N–H and O–H groups in total. The smallest absolute Gasteiger partial charge is 0.166 e. The number of benzene rings is 1. The molecular formula is C11H6BrF2IN2. The van der Waals surface area contributed by atoms with Gasteiger partial charge in [-0.3, -0.25) is 0 Å². The second-order valence-corrected chi connectivity index (χ2v) is 5.31. The standard InChI is InChI=1S/C11H6BrF2IN2/c12-6-3-8(14)11(16-5-6)17-10-2-1-7(13)4-9(10)15/h1-5H,(H,16,17). The summed E-state index contributed by atoms with van der Waals surface area (Å²) in [6.45, 7) is 0. The number of halogens is 4. The number of nitrogens with zero attached hydrogens (tertiary/aromatic N) is 1. The number of rotatable bonds is 2. The van der Waals surface area contributed by atoms with Gasteiger partial charge in [0.25, 0.3) is 0 Å². The fourth-order valence-corrected chi connectivity index (χ4v) is 2.14. The molecule has 0 amide bonds. The quantitative estimate of drug-likeness (QED) is 0.739. The second-order valence-electron chi connectivity index (χ2n) is 3.23. The Labute approximate surface area is 119 Å². The zero-order chi connectivity index (χ0) is 12.4. The summed E-state index contributed by atoms with van der Waals surface area (Å²) in [5.74, 6) is -0.693. The van der Waals surface area contributed by atoms with Crippen LogP contribution in [-0.4, -0.2) is 4.98 Å². The van der Waals surface area contributed by atoms with Gasteiger partial charge in [0.2, 0.25) is 0 Å². The fourth-order valence-electron chi connectivity index (χ4n) is 1.22. The van der Waals surface area contributed by atoms with E-state index in [4.69, 9.17) is 0 Å².